The molecular weight excluding hydrogens is 352 g/mol. The first-order chi connectivity index (χ1) is 13.5. The van der Waals surface area contributed by atoms with Crippen molar-refractivity contribution >= 4 is 11.6 Å². The third kappa shape index (κ3) is 5.95. The molecule has 0 fully saturated rings. The Bertz CT molecular complexity index is 754. The Morgan fingerprint density at radius 3 is 1.39 bits per heavy atom. The maximum absolute atomic E-state index is 11.6. The van der Waals surface area contributed by atoms with Crippen LogP contribution in [0.3, 0.4) is 0 Å². The molecule has 0 atom stereocenters. The molecule has 0 aliphatic carbocycles. The largest absolute Gasteiger partial charge is 0.496 e. The number of ether oxygens (including phenoxy) is 2. The summed E-state index contributed by atoms with van der Waals surface area (Å²) in [5, 5.41) is 0. The average molecular weight is 383 g/mol. The summed E-state index contributed by atoms with van der Waals surface area (Å²) in [5.74, 6) is 1.84. The van der Waals surface area contributed by atoms with Crippen LogP contribution in [-0.4, -0.2) is 25.8 Å². The van der Waals surface area contributed by atoms with Crippen LogP contribution in [0.4, 0.5) is 0 Å². The lowest BCUT2D eigenvalue weighted by molar-refractivity contribution is 0.100. The van der Waals surface area contributed by atoms with Crippen LogP contribution in [0.5, 0.6) is 11.5 Å². The van der Waals surface area contributed by atoms with Gasteiger partial charge in [-0.1, -0.05) is 12.8 Å². The van der Waals surface area contributed by atoms with Crippen molar-refractivity contribution in [2.45, 2.75) is 52.4 Å². The molecule has 4 nitrogen and oxygen atoms in total. The molecular formula is C24H30O4. The molecule has 2 aromatic carbocycles. The van der Waals surface area contributed by atoms with Gasteiger partial charge in [-0.05, 0) is 87.1 Å². The summed E-state index contributed by atoms with van der Waals surface area (Å²) in [6, 6.07) is 11.3. The zero-order chi connectivity index (χ0) is 20.5. The molecule has 0 heterocycles. The van der Waals surface area contributed by atoms with E-state index in [1.807, 2.05) is 36.4 Å². The van der Waals surface area contributed by atoms with Crippen LogP contribution in [0.25, 0.3) is 0 Å². The van der Waals surface area contributed by atoms with Crippen molar-refractivity contribution in [2.24, 2.45) is 0 Å². The molecule has 4 heteroatoms. The predicted octanol–water partition coefficient (Wildman–Crippen LogP) is 5.45. The maximum Gasteiger partial charge on any atom is 0.159 e. The van der Waals surface area contributed by atoms with Crippen LogP contribution >= 0.6 is 0 Å². The second kappa shape index (κ2) is 10.6. The summed E-state index contributed by atoms with van der Waals surface area (Å²) in [5.41, 5.74) is 3.64. The van der Waals surface area contributed by atoms with Crippen molar-refractivity contribution < 1.29 is 19.1 Å². The number of unbranched alkanes of at least 4 members (excludes halogenated alkanes) is 3. The van der Waals surface area contributed by atoms with Crippen LogP contribution in [0.15, 0.2) is 36.4 Å². The van der Waals surface area contributed by atoms with Gasteiger partial charge in [-0.15, -0.1) is 0 Å². The SMILES string of the molecule is COc1ccc(C(C)=O)cc1CCCCCCc1cc(C(C)=O)ccc1OC. The summed E-state index contributed by atoms with van der Waals surface area (Å²) in [4.78, 5) is 23.2. The minimum atomic E-state index is 0.0747. The molecule has 0 aliphatic rings. The lowest BCUT2D eigenvalue weighted by Gasteiger charge is -2.11. The minimum Gasteiger partial charge on any atom is -0.496 e. The van der Waals surface area contributed by atoms with E-state index in [2.05, 4.69) is 0 Å². The molecule has 2 aromatic rings. The highest BCUT2D eigenvalue weighted by Gasteiger charge is 2.09. The quantitative estimate of drug-likeness (QED) is 0.383. The monoisotopic (exact) mass is 382 g/mol. The third-order valence-corrected chi connectivity index (χ3v) is 5.02. The van der Waals surface area contributed by atoms with Gasteiger partial charge >= 0.3 is 0 Å². The molecule has 0 spiro atoms. The minimum absolute atomic E-state index is 0.0747. The van der Waals surface area contributed by atoms with E-state index in [0.29, 0.717) is 0 Å². The fourth-order valence-corrected chi connectivity index (χ4v) is 3.37. The van der Waals surface area contributed by atoms with Crippen LogP contribution in [-0.2, 0) is 12.8 Å². The van der Waals surface area contributed by atoms with Crippen LogP contribution < -0.4 is 9.47 Å². The van der Waals surface area contributed by atoms with Gasteiger partial charge in [0.1, 0.15) is 11.5 Å². The van der Waals surface area contributed by atoms with E-state index in [1.165, 1.54) is 0 Å². The Morgan fingerprint density at radius 2 is 1.07 bits per heavy atom. The van der Waals surface area contributed by atoms with Gasteiger partial charge in [-0.3, -0.25) is 9.59 Å². The molecule has 0 saturated heterocycles. The van der Waals surface area contributed by atoms with Crippen molar-refractivity contribution in [1.29, 1.82) is 0 Å². The van der Waals surface area contributed by atoms with E-state index in [4.69, 9.17) is 9.47 Å². The average Bonchev–Trinajstić information content (AvgIpc) is 2.69. The van der Waals surface area contributed by atoms with Gasteiger partial charge in [0.15, 0.2) is 11.6 Å². The summed E-state index contributed by atoms with van der Waals surface area (Å²) >= 11 is 0. The number of carbonyl (C=O) groups is 2. The summed E-state index contributed by atoms with van der Waals surface area (Å²) in [7, 11) is 3.32. The molecule has 0 aliphatic heterocycles. The fourth-order valence-electron chi connectivity index (χ4n) is 3.37. The highest BCUT2D eigenvalue weighted by Crippen LogP contribution is 2.24. The van der Waals surface area contributed by atoms with E-state index in [-0.39, 0.29) is 11.6 Å². The van der Waals surface area contributed by atoms with E-state index >= 15 is 0 Å². The van der Waals surface area contributed by atoms with Crippen LogP contribution in [0.1, 0.15) is 71.4 Å². The Labute approximate surface area is 167 Å². The highest BCUT2D eigenvalue weighted by atomic mass is 16.5. The first-order valence-corrected chi connectivity index (χ1v) is 9.82. The summed E-state index contributed by atoms with van der Waals surface area (Å²) in [6.45, 7) is 3.17. The topological polar surface area (TPSA) is 52.6 Å². The van der Waals surface area contributed by atoms with Crippen molar-refractivity contribution in [2.75, 3.05) is 14.2 Å². The Balaban J connectivity index is 1.84. The number of hydrogen-bond acceptors (Lipinski definition) is 4. The molecule has 2 rings (SSSR count). The Kier molecular flexibility index (Phi) is 8.24. The number of rotatable bonds is 11. The first kappa shape index (κ1) is 21.7. The van der Waals surface area contributed by atoms with Gasteiger partial charge in [-0.2, -0.15) is 0 Å². The molecule has 0 radical (unpaired) electrons. The predicted molar refractivity (Wildman–Crippen MR) is 112 cm³/mol. The molecule has 0 N–H and O–H groups in total. The number of methoxy groups -OCH3 is 2. The van der Waals surface area contributed by atoms with Gasteiger partial charge in [0.25, 0.3) is 0 Å². The van der Waals surface area contributed by atoms with Crippen molar-refractivity contribution in [3.05, 3.63) is 58.7 Å². The third-order valence-electron chi connectivity index (χ3n) is 5.02. The number of carbonyl (C=O) groups excluding carboxylic acids is 2. The van der Waals surface area contributed by atoms with E-state index < -0.39 is 0 Å². The van der Waals surface area contributed by atoms with Crippen molar-refractivity contribution in [3.8, 4) is 11.5 Å². The van der Waals surface area contributed by atoms with E-state index in [0.717, 1.165) is 72.3 Å². The van der Waals surface area contributed by atoms with Crippen LogP contribution in [0, 0.1) is 0 Å². The summed E-state index contributed by atoms with van der Waals surface area (Å²) < 4.78 is 10.8. The number of Topliss-reactive ketones (excluding diaryl/α,β-unsaturated/α-hetero) is 2. The Hall–Kier alpha value is -2.62. The second-order valence-electron chi connectivity index (χ2n) is 7.08. The van der Waals surface area contributed by atoms with Crippen LogP contribution in [0.2, 0.25) is 0 Å². The normalized spacial score (nSPS) is 10.6. The van der Waals surface area contributed by atoms with Gasteiger partial charge in [-0.25, -0.2) is 0 Å². The molecule has 0 bridgehead atoms. The maximum atomic E-state index is 11.6. The molecule has 28 heavy (non-hydrogen) atoms. The Morgan fingerprint density at radius 1 is 0.679 bits per heavy atom. The van der Waals surface area contributed by atoms with Gasteiger partial charge in [0.05, 0.1) is 14.2 Å². The molecule has 0 aromatic heterocycles. The van der Waals surface area contributed by atoms with E-state index in [9.17, 15) is 9.59 Å². The first-order valence-electron chi connectivity index (χ1n) is 9.82. The lowest BCUT2D eigenvalue weighted by atomic mass is 9.99. The summed E-state index contributed by atoms with van der Waals surface area (Å²) in [6.07, 6.45) is 6.08. The second-order valence-corrected chi connectivity index (χ2v) is 7.08. The smallest absolute Gasteiger partial charge is 0.159 e. The highest BCUT2D eigenvalue weighted by molar-refractivity contribution is 5.94. The van der Waals surface area contributed by atoms with Gasteiger partial charge < -0.3 is 9.47 Å². The zero-order valence-electron chi connectivity index (χ0n) is 17.3. The van der Waals surface area contributed by atoms with Crippen molar-refractivity contribution in [1.82, 2.24) is 0 Å². The van der Waals surface area contributed by atoms with Gasteiger partial charge in [0, 0.05) is 11.1 Å². The number of benzene rings is 2. The zero-order valence-corrected chi connectivity index (χ0v) is 17.3. The number of aryl methyl sites for hydroxylation is 2. The number of hydrogen-bond donors (Lipinski definition) is 0. The van der Waals surface area contributed by atoms with Gasteiger partial charge in [0.2, 0.25) is 0 Å². The molecule has 0 unspecified atom stereocenters. The fraction of sp³-hybridized carbons (Fsp3) is 0.417. The molecule has 0 saturated carbocycles. The molecule has 0 amide bonds. The number of ketones is 2. The molecule has 150 valence electrons. The lowest BCUT2D eigenvalue weighted by Crippen LogP contribution is -1.99. The van der Waals surface area contributed by atoms with Crippen molar-refractivity contribution in [3.63, 3.8) is 0 Å². The van der Waals surface area contributed by atoms with E-state index in [1.54, 1.807) is 28.1 Å². The standard InChI is InChI=1S/C24H30O4/c1-17(25)19-11-13-23(27-3)21(15-19)9-7-5-6-8-10-22-16-20(18(2)26)12-14-24(22)28-4/h11-16H,5-10H2,1-4H3.